The third-order valence-corrected chi connectivity index (χ3v) is 3.69. The number of nitrogens with two attached hydrogens (primary N) is 1. The minimum absolute atomic E-state index is 0.0351. The number of alkyl halides is 2. The molecule has 0 aliphatic carbocycles. The molecule has 9 heteroatoms. The highest BCUT2D eigenvalue weighted by atomic mass is 19.3. The van der Waals surface area contributed by atoms with Crippen molar-refractivity contribution in [3.05, 3.63) is 59.7 Å². The van der Waals surface area contributed by atoms with E-state index in [0.717, 1.165) is 5.01 Å². The van der Waals surface area contributed by atoms with Crippen LogP contribution in [0.25, 0.3) is 0 Å². The molecule has 0 fully saturated rings. The zero-order valence-electron chi connectivity index (χ0n) is 13.6. The van der Waals surface area contributed by atoms with Gasteiger partial charge in [0, 0.05) is 0 Å². The van der Waals surface area contributed by atoms with Crippen LogP contribution in [0.2, 0.25) is 0 Å². The summed E-state index contributed by atoms with van der Waals surface area (Å²) < 4.78 is 29.2. The van der Waals surface area contributed by atoms with Crippen LogP contribution < -0.4 is 21.0 Å². The summed E-state index contributed by atoms with van der Waals surface area (Å²) >= 11 is 0. The van der Waals surface area contributed by atoms with Gasteiger partial charge in [-0.05, 0) is 29.8 Å². The monoisotopic (exact) mass is 362 g/mol. The predicted octanol–water partition coefficient (Wildman–Crippen LogP) is 1.66. The maximum atomic E-state index is 12.5. The lowest BCUT2D eigenvalue weighted by Gasteiger charge is -2.38. The van der Waals surface area contributed by atoms with Gasteiger partial charge in [0.15, 0.2) is 0 Å². The van der Waals surface area contributed by atoms with Gasteiger partial charge in [-0.3, -0.25) is 14.6 Å². The van der Waals surface area contributed by atoms with E-state index >= 15 is 0 Å². The van der Waals surface area contributed by atoms with Gasteiger partial charge in [0.1, 0.15) is 12.3 Å². The van der Waals surface area contributed by atoms with E-state index in [2.05, 4.69) is 10.3 Å². The van der Waals surface area contributed by atoms with E-state index in [-0.39, 0.29) is 24.7 Å². The SMILES string of the molecule is NC(=O)CN1NN(Cc2cccc(OC(F)F)c2)c2ccccc2C1=O. The average Bonchev–Trinajstić information content (AvgIpc) is 2.58. The van der Waals surface area contributed by atoms with Crippen molar-refractivity contribution in [1.82, 2.24) is 10.5 Å². The molecule has 1 aliphatic rings. The zero-order valence-corrected chi connectivity index (χ0v) is 13.6. The fourth-order valence-corrected chi connectivity index (χ4v) is 2.67. The largest absolute Gasteiger partial charge is 0.435 e. The van der Waals surface area contributed by atoms with E-state index in [9.17, 15) is 18.4 Å². The van der Waals surface area contributed by atoms with Gasteiger partial charge < -0.3 is 10.5 Å². The molecule has 3 rings (SSSR count). The van der Waals surface area contributed by atoms with Crippen LogP contribution in [0.15, 0.2) is 48.5 Å². The van der Waals surface area contributed by atoms with Crippen molar-refractivity contribution in [2.45, 2.75) is 13.2 Å². The van der Waals surface area contributed by atoms with E-state index in [1.807, 2.05) is 0 Å². The number of nitrogens with zero attached hydrogens (tertiary/aromatic N) is 2. The molecule has 2 amide bonds. The summed E-state index contributed by atoms with van der Waals surface area (Å²) in [7, 11) is 0. The number of anilines is 1. The molecular formula is C17H16F2N4O3. The zero-order chi connectivity index (χ0) is 18.7. The number of carbonyl (C=O) groups excluding carboxylic acids is 2. The summed E-state index contributed by atoms with van der Waals surface area (Å²) in [4.78, 5) is 23.7. The molecule has 0 bridgehead atoms. The highest BCUT2D eigenvalue weighted by Gasteiger charge is 2.29. The third-order valence-electron chi connectivity index (χ3n) is 3.69. The van der Waals surface area contributed by atoms with Gasteiger partial charge in [0.2, 0.25) is 5.91 Å². The number of primary amides is 1. The van der Waals surface area contributed by atoms with Crippen molar-refractivity contribution in [3.8, 4) is 5.75 Å². The summed E-state index contributed by atoms with van der Waals surface area (Å²) in [6.45, 7) is -2.99. The number of hydrogen-bond donors (Lipinski definition) is 2. The molecule has 7 nitrogen and oxygen atoms in total. The quantitative estimate of drug-likeness (QED) is 0.816. The van der Waals surface area contributed by atoms with Gasteiger partial charge >= 0.3 is 6.61 Å². The van der Waals surface area contributed by atoms with Gasteiger partial charge in [0.25, 0.3) is 5.91 Å². The number of halogens is 2. The molecule has 0 saturated heterocycles. The van der Waals surface area contributed by atoms with Crippen molar-refractivity contribution in [2.75, 3.05) is 11.6 Å². The van der Waals surface area contributed by atoms with Gasteiger partial charge in [-0.25, -0.2) is 5.01 Å². The molecule has 0 atom stereocenters. The minimum Gasteiger partial charge on any atom is -0.435 e. The smallest absolute Gasteiger partial charge is 0.387 e. The molecule has 2 aromatic rings. The molecule has 1 aliphatic heterocycles. The van der Waals surface area contributed by atoms with Crippen LogP contribution in [0.3, 0.4) is 0 Å². The van der Waals surface area contributed by atoms with Crippen LogP contribution in [0.4, 0.5) is 14.5 Å². The predicted molar refractivity (Wildman–Crippen MR) is 89.1 cm³/mol. The first-order chi connectivity index (χ1) is 12.4. The van der Waals surface area contributed by atoms with Crippen LogP contribution in [0, 0.1) is 0 Å². The third kappa shape index (κ3) is 3.89. The van der Waals surface area contributed by atoms with Crippen molar-refractivity contribution >= 4 is 17.5 Å². The Morgan fingerprint density at radius 1 is 1.15 bits per heavy atom. The minimum atomic E-state index is -2.91. The topological polar surface area (TPSA) is 87.9 Å². The second-order valence-corrected chi connectivity index (χ2v) is 5.59. The Labute approximate surface area is 147 Å². The molecule has 2 aromatic carbocycles. The van der Waals surface area contributed by atoms with E-state index in [1.165, 1.54) is 12.1 Å². The Bertz CT molecular complexity index is 831. The summed E-state index contributed by atoms with van der Waals surface area (Å²) in [6.07, 6.45) is 0. The number of carbonyl (C=O) groups is 2. The molecule has 3 N–H and O–H groups in total. The molecule has 26 heavy (non-hydrogen) atoms. The van der Waals surface area contributed by atoms with Gasteiger partial charge in [-0.15, -0.1) is 5.53 Å². The molecule has 0 radical (unpaired) electrons. The second-order valence-electron chi connectivity index (χ2n) is 5.59. The highest BCUT2D eigenvalue weighted by molar-refractivity contribution is 6.02. The maximum absolute atomic E-state index is 12.5. The van der Waals surface area contributed by atoms with Crippen LogP contribution in [0.5, 0.6) is 5.75 Å². The first-order valence-electron chi connectivity index (χ1n) is 7.71. The molecular weight excluding hydrogens is 346 g/mol. The number of fused-ring (bicyclic) bond motifs is 1. The molecule has 0 spiro atoms. The summed E-state index contributed by atoms with van der Waals surface area (Å²) in [5, 5.41) is 2.73. The molecule has 0 aromatic heterocycles. The normalized spacial score (nSPS) is 13.7. The van der Waals surface area contributed by atoms with Crippen LogP contribution in [-0.2, 0) is 11.3 Å². The van der Waals surface area contributed by atoms with Crippen molar-refractivity contribution in [2.24, 2.45) is 5.73 Å². The number of rotatable bonds is 6. The number of ether oxygens (including phenoxy) is 1. The van der Waals surface area contributed by atoms with Crippen molar-refractivity contribution in [1.29, 1.82) is 0 Å². The number of hydrogen-bond acceptors (Lipinski definition) is 5. The fourth-order valence-electron chi connectivity index (χ4n) is 2.67. The number of para-hydroxylation sites is 1. The first kappa shape index (κ1) is 17.6. The van der Waals surface area contributed by atoms with E-state index in [4.69, 9.17) is 5.73 Å². The average molecular weight is 362 g/mol. The lowest BCUT2D eigenvalue weighted by atomic mass is 10.1. The Balaban J connectivity index is 1.87. The van der Waals surface area contributed by atoms with E-state index in [1.54, 1.807) is 41.4 Å². The molecule has 1 heterocycles. The standard InChI is InChI=1S/C17H16F2N4O3/c18-17(19)26-12-5-3-4-11(8-12)9-22-14-7-2-1-6-13(14)16(25)23(21-22)10-15(20)24/h1-8,17,21H,9-10H2,(H2,20,24). The Kier molecular flexibility index (Phi) is 4.99. The molecule has 0 saturated carbocycles. The highest BCUT2D eigenvalue weighted by Crippen LogP contribution is 2.27. The van der Waals surface area contributed by atoms with Crippen LogP contribution >= 0.6 is 0 Å². The lowest BCUT2D eigenvalue weighted by molar-refractivity contribution is -0.119. The van der Waals surface area contributed by atoms with E-state index < -0.39 is 12.5 Å². The summed E-state index contributed by atoms with van der Waals surface area (Å²) in [5.74, 6) is -1.02. The maximum Gasteiger partial charge on any atom is 0.387 e. The number of hydrazine groups is 2. The molecule has 136 valence electrons. The van der Waals surface area contributed by atoms with Crippen LogP contribution in [-0.4, -0.2) is 30.0 Å². The fraction of sp³-hybridized carbons (Fsp3) is 0.176. The summed E-state index contributed by atoms with van der Waals surface area (Å²) in [5.41, 5.74) is 9.67. The van der Waals surface area contributed by atoms with Gasteiger partial charge in [-0.1, -0.05) is 24.3 Å². The second kappa shape index (κ2) is 7.36. The number of amides is 2. The van der Waals surface area contributed by atoms with Crippen LogP contribution in [0.1, 0.15) is 15.9 Å². The first-order valence-corrected chi connectivity index (χ1v) is 7.71. The Morgan fingerprint density at radius 2 is 1.92 bits per heavy atom. The van der Waals surface area contributed by atoms with E-state index in [0.29, 0.717) is 16.8 Å². The number of nitrogens with one attached hydrogen (secondary N) is 1. The lowest BCUT2D eigenvalue weighted by Crippen LogP contribution is -2.58. The summed E-state index contributed by atoms with van der Waals surface area (Å²) in [6, 6.07) is 13.1. The van der Waals surface area contributed by atoms with Gasteiger partial charge in [-0.2, -0.15) is 8.78 Å². The van der Waals surface area contributed by atoms with Crippen molar-refractivity contribution in [3.63, 3.8) is 0 Å². The molecule has 0 unspecified atom stereocenters. The Hall–Kier alpha value is -3.20. The van der Waals surface area contributed by atoms with Gasteiger partial charge in [0.05, 0.1) is 17.8 Å². The number of benzene rings is 2. The van der Waals surface area contributed by atoms with Crippen molar-refractivity contribution < 1.29 is 23.1 Å². The Morgan fingerprint density at radius 3 is 2.65 bits per heavy atom.